The second-order valence-electron chi connectivity index (χ2n) is 5.13. The molecule has 23 heavy (non-hydrogen) atoms. The van der Waals surface area contributed by atoms with Crippen LogP contribution in [0.4, 0.5) is 5.69 Å². The summed E-state index contributed by atoms with van der Waals surface area (Å²) < 4.78 is 5.41. The summed E-state index contributed by atoms with van der Waals surface area (Å²) in [4.78, 5) is 24.5. The number of rotatable bonds is 4. The molecule has 0 fully saturated rings. The number of carbonyl (C=O) groups is 2. The Bertz CT molecular complexity index is 850. The fraction of sp³-hybridized carbons (Fsp3) is 0.0526. The van der Waals surface area contributed by atoms with E-state index < -0.39 is 0 Å². The van der Waals surface area contributed by atoms with Gasteiger partial charge < -0.3 is 9.73 Å². The van der Waals surface area contributed by atoms with Crippen molar-refractivity contribution in [3.8, 4) is 0 Å². The first kappa shape index (κ1) is 14.8. The third-order valence-electron chi connectivity index (χ3n) is 3.48. The number of nitrogens with one attached hydrogen (secondary N) is 1. The summed E-state index contributed by atoms with van der Waals surface area (Å²) in [6, 6.07) is 19.3. The van der Waals surface area contributed by atoms with Crippen molar-refractivity contribution in [2.75, 3.05) is 5.32 Å². The Kier molecular flexibility index (Phi) is 4.06. The maximum Gasteiger partial charge on any atom is 0.291 e. The third-order valence-corrected chi connectivity index (χ3v) is 3.48. The van der Waals surface area contributed by atoms with E-state index in [1.54, 1.807) is 24.3 Å². The van der Waals surface area contributed by atoms with Gasteiger partial charge >= 0.3 is 0 Å². The van der Waals surface area contributed by atoms with E-state index in [-0.39, 0.29) is 23.2 Å². The predicted octanol–water partition coefficient (Wildman–Crippen LogP) is 4.07. The molecule has 0 atom stereocenters. The normalized spacial score (nSPS) is 10.3. The van der Waals surface area contributed by atoms with Gasteiger partial charge in [-0.15, -0.1) is 0 Å². The van der Waals surface area contributed by atoms with Crippen LogP contribution in [0, 0.1) is 6.92 Å². The summed E-state index contributed by atoms with van der Waals surface area (Å²) >= 11 is 0. The lowest BCUT2D eigenvalue weighted by Crippen LogP contribution is -2.11. The van der Waals surface area contributed by atoms with Crippen LogP contribution in [-0.2, 0) is 0 Å². The lowest BCUT2D eigenvalue weighted by Gasteiger charge is -2.06. The van der Waals surface area contributed by atoms with Gasteiger partial charge in [-0.3, -0.25) is 9.59 Å². The zero-order valence-electron chi connectivity index (χ0n) is 12.6. The lowest BCUT2D eigenvalue weighted by atomic mass is 10.1. The van der Waals surface area contributed by atoms with Crippen LogP contribution < -0.4 is 5.32 Å². The molecule has 0 spiro atoms. The molecular formula is C19H15NO3. The van der Waals surface area contributed by atoms with E-state index in [1.807, 2.05) is 37.3 Å². The van der Waals surface area contributed by atoms with E-state index in [1.165, 1.54) is 12.1 Å². The number of ketones is 1. The molecule has 114 valence electrons. The minimum absolute atomic E-state index is 0.104. The monoisotopic (exact) mass is 305 g/mol. The van der Waals surface area contributed by atoms with E-state index in [2.05, 4.69) is 5.32 Å². The van der Waals surface area contributed by atoms with E-state index in [0.29, 0.717) is 11.3 Å². The molecule has 0 bridgehead atoms. The predicted molar refractivity (Wildman–Crippen MR) is 87.7 cm³/mol. The summed E-state index contributed by atoms with van der Waals surface area (Å²) in [6.45, 7) is 1.90. The van der Waals surface area contributed by atoms with Crippen molar-refractivity contribution < 1.29 is 14.0 Å². The van der Waals surface area contributed by atoms with Gasteiger partial charge in [-0.25, -0.2) is 0 Å². The molecule has 1 amide bonds. The number of carbonyl (C=O) groups excluding carboxylic acids is 2. The molecule has 4 heteroatoms. The van der Waals surface area contributed by atoms with Crippen molar-refractivity contribution in [1.82, 2.24) is 0 Å². The second kappa shape index (κ2) is 6.32. The van der Waals surface area contributed by atoms with Crippen LogP contribution in [0.3, 0.4) is 0 Å². The van der Waals surface area contributed by atoms with Crippen molar-refractivity contribution in [2.24, 2.45) is 0 Å². The van der Waals surface area contributed by atoms with Crippen LogP contribution in [0.1, 0.15) is 32.2 Å². The van der Waals surface area contributed by atoms with E-state index in [9.17, 15) is 9.59 Å². The van der Waals surface area contributed by atoms with E-state index in [0.717, 1.165) is 5.56 Å². The molecule has 4 nitrogen and oxygen atoms in total. The van der Waals surface area contributed by atoms with Crippen molar-refractivity contribution in [2.45, 2.75) is 6.92 Å². The summed E-state index contributed by atoms with van der Waals surface area (Å²) in [6.07, 6.45) is 0. The SMILES string of the molecule is Cc1ccccc1NC(=O)c1ccc(C(=O)c2ccccc2)o1. The summed E-state index contributed by atoms with van der Waals surface area (Å²) in [5.74, 6) is -0.384. The lowest BCUT2D eigenvalue weighted by molar-refractivity contribution is 0.0979. The highest BCUT2D eigenvalue weighted by atomic mass is 16.4. The van der Waals surface area contributed by atoms with Gasteiger partial charge in [0.05, 0.1) is 0 Å². The van der Waals surface area contributed by atoms with E-state index in [4.69, 9.17) is 4.42 Å². The first-order valence-electron chi connectivity index (χ1n) is 7.22. The van der Waals surface area contributed by atoms with Gasteiger partial charge in [0.25, 0.3) is 5.91 Å². The molecule has 0 unspecified atom stereocenters. The largest absolute Gasteiger partial charge is 0.447 e. The molecule has 1 heterocycles. The fourth-order valence-electron chi connectivity index (χ4n) is 2.21. The number of para-hydroxylation sites is 1. The summed E-state index contributed by atoms with van der Waals surface area (Å²) in [5, 5.41) is 2.77. The highest BCUT2D eigenvalue weighted by molar-refractivity contribution is 6.08. The number of aryl methyl sites for hydroxylation is 1. The molecule has 0 radical (unpaired) electrons. The molecule has 1 N–H and O–H groups in total. The van der Waals surface area contributed by atoms with Crippen LogP contribution in [-0.4, -0.2) is 11.7 Å². The smallest absolute Gasteiger partial charge is 0.291 e. The number of anilines is 1. The van der Waals surface area contributed by atoms with Crippen molar-refractivity contribution in [1.29, 1.82) is 0 Å². The van der Waals surface area contributed by atoms with Gasteiger partial charge in [0.1, 0.15) is 0 Å². The van der Waals surface area contributed by atoms with E-state index >= 15 is 0 Å². The molecule has 3 rings (SSSR count). The first-order valence-corrected chi connectivity index (χ1v) is 7.22. The van der Waals surface area contributed by atoms with Crippen LogP contribution in [0.5, 0.6) is 0 Å². The zero-order chi connectivity index (χ0) is 16.2. The van der Waals surface area contributed by atoms with Crippen LogP contribution in [0.15, 0.2) is 71.1 Å². The molecule has 0 aliphatic rings. The molecule has 2 aromatic carbocycles. The van der Waals surface area contributed by atoms with Crippen molar-refractivity contribution >= 4 is 17.4 Å². The van der Waals surface area contributed by atoms with Crippen molar-refractivity contribution in [3.05, 3.63) is 89.4 Å². The number of amides is 1. The Labute approximate surface area is 133 Å². The number of furan rings is 1. The number of hydrogen-bond acceptors (Lipinski definition) is 3. The maximum atomic E-state index is 12.3. The maximum absolute atomic E-state index is 12.3. The van der Waals surface area contributed by atoms with Crippen LogP contribution in [0.25, 0.3) is 0 Å². The van der Waals surface area contributed by atoms with Gasteiger partial charge in [0, 0.05) is 11.3 Å². The third kappa shape index (κ3) is 3.21. The Morgan fingerprint density at radius 2 is 1.48 bits per heavy atom. The first-order chi connectivity index (χ1) is 11.1. The molecule has 3 aromatic rings. The summed E-state index contributed by atoms with van der Waals surface area (Å²) in [7, 11) is 0. The highest BCUT2D eigenvalue weighted by Crippen LogP contribution is 2.17. The summed E-state index contributed by atoms with van der Waals surface area (Å²) in [5.41, 5.74) is 2.19. The van der Waals surface area contributed by atoms with Gasteiger partial charge in [-0.2, -0.15) is 0 Å². The van der Waals surface area contributed by atoms with Gasteiger partial charge in [0.15, 0.2) is 11.5 Å². The van der Waals surface area contributed by atoms with Crippen molar-refractivity contribution in [3.63, 3.8) is 0 Å². The average Bonchev–Trinajstić information content (AvgIpc) is 3.07. The Balaban J connectivity index is 1.78. The standard InChI is InChI=1S/C19H15NO3/c1-13-7-5-6-10-15(13)20-19(22)17-12-11-16(23-17)18(21)14-8-3-2-4-9-14/h2-12H,1H3,(H,20,22). The molecule has 1 aromatic heterocycles. The van der Waals surface area contributed by atoms with Gasteiger partial charge in [0.2, 0.25) is 5.78 Å². The minimum Gasteiger partial charge on any atom is -0.447 e. The zero-order valence-corrected chi connectivity index (χ0v) is 12.6. The highest BCUT2D eigenvalue weighted by Gasteiger charge is 2.17. The Morgan fingerprint density at radius 3 is 2.22 bits per heavy atom. The Morgan fingerprint density at radius 1 is 0.826 bits per heavy atom. The fourth-order valence-corrected chi connectivity index (χ4v) is 2.21. The molecule has 0 aliphatic carbocycles. The number of hydrogen-bond donors (Lipinski definition) is 1. The quantitative estimate of drug-likeness (QED) is 0.739. The topological polar surface area (TPSA) is 59.3 Å². The average molecular weight is 305 g/mol. The molecule has 0 saturated heterocycles. The molecule has 0 saturated carbocycles. The van der Waals surface area contributed by atoms with Gasteiger partial charge in [-0.05, 0) is 30.7 Å². The van der Waals surface area contributed by atoms with Crippen LogP contribution >= 0.6 is 0 Å². The second-order valence-corrected chi connectivity index (χ2v) is 5.13. The number of benzene rings is 2. The minimum atomic E-state index is -0.383. The molecular weight excluding hydrogens is 290 g/mol. The molecule has 0 aliphatic heterocycles. The Hall–Kier alpha value is -3.14. The van der Waals surface area contributed by atoms with Gasteiger partial charge in [-0.1, -0.05) is 48.5 Å². The van der Waals surface area contributed by atoms with Crippen LogP contribution in [0.2, 0.25) is 0 Å².